The maximum absolute atomic E-state index is 5.70. The maximum Gasteiger partial charge on any atom is 0.106 e. The van der Waals surface area contributed by atoms with Gasteiger partial charge in [-0.3, -0.25) is 0 Å². The molecule has 0 aromatic rings. The van der Waals surface area contributed by atoms with Crippen molar-refractivity contribution in [2.75, 3.05) is 271 Å². The molecule has 0 aliphatic rings. The fraction of sp³-hybridized carbons (Fsp3) is 1.00. The highest BCUT2D eigenvalue weighted by atomic mass is 17.2. The summed E-state index contributed by atoms with van der Waals surface area (Å²) in [7, 11) is 0. The van der Waals surface area contributed by atoms with Crippen LogP contribution in [0.5, 0.6) is 0 Å². The fourth-order valence-electron chi connectivity index (χ4n) is 6.99. The molecule has 0 radical (unpaired) electrons. The first kappa shape index (κ1) is 81.1. The molecule has 0 aliphatic heterocycles. The van der Waals surface area contributed by atoms with Crippen molar-refractivity contribution in [3.8, 4) is 0 Å². The molecule has 0 rings (SSSR count). The molecule has 82 heavy (non-hydrogen) atoms. The highest BCUT2D eigenvalue weighted by Gasteiger charge is 2.11. The second kappa shape index (κ2) is 74.4. The molecule has 0 N–H and O–H groups in total. The third-order valence-electron chi connectivity index (χ3n) is 11.3. The van der Waals surface area contributed by atoms with Crippen LogP contribution in [-0.4, -0.2) is 276 Å². The zero-order valence-electron chi connectivity index (χ0n) is 52.4. The van der Waals surface area contributed by atoms with Gasteiger partial charge >= 0.3 is 0 Å². The zero-order valence-corrected chi connectivity index (χ0v) is 52.4. The minimum atomic E-state index is -0.326. The largest absolute Gasteiger partial charge is 0.379 e. The predicted molar refractivity (Wildman–Crippen MR) is 313 cm³/mol. The van der Waals surface area contributed by atoms with Crippen molar-refractivity contribution in [2.45, 2.75) is 123 Å². The van der Waals surface area contributed by atoms with E-state index in [4.69, 9.17) is 105 Å². The Bertz CT molecular complexity index is 1120. The number of unbranched alkanes of at least 4 members (excludes halogenated alkanes) is 13. The van der Waals surface area contributed by atoms with Crippen molar-refractivity contribution in [3.63, 3.8) is 0 Å². The Kier molecular flexibility index (Phi) is 73.6. The molecule has 0 heterocycles. The van der Waals surface area contributed by atoms with Crippen LogP contribution in [-0.2, 0) is 105 Å². The monoisotopic (exact) mass is 1190 g/mol. The van der Waals surface area contributed by atoms with Crippen molar-refractivity contribution in [1.82, 2.24) is 0 Å². The molecule has 0 spiro atoms. The van der Waals surface area contributed by atoms with E-state index in [2.05, 4.69) is 6.92 Å². The maximum atomic E-state index is 5.70. The first-order chi connectivity index (χ1) is 40.6. The second-order valence-corrected chi connectivity index (χ2v) is 19.9. The van der Waals surface area contributed by atoms with E-state index in [1.807, 2.05) is 20.8 Å². The Labute approximate surface area is 497 Å². The predicted octanol–water partition coefficient (Wildman–Crippen LogP) is 7.55. The quantitative estimate of drug-likeness (QED) is 0.0328. The number of ether oxygens (including phenoxy) is 20. The summed E-state index contributed by atoms with van der Waals surface area (Å²) in [6.07, 6.45) is 19.2. The number of hydrogen-bond donors (Lipinski definition) is 0. The molecule has 0 fully saturated rings. The number of rotatable bonds is 76. The van der Waals surface area contributed by atoms with Crippen LogP contribution in [0.15, 0.2) is 0 Å². The van der Waals surface area contributed by atoms with Crippen LogP contribution in [0.4, 0.5) is 0 Å². The van der Waals surface area contributed by atoms with Crippen LogP contribution >= 0.6 is 0 Å². The molecule has 0 saturated carbocycles. The van der Waals surface area contributed by atoms with Gasteiger partial charge in [-0.05, 0) is 27.2 Å². The molecule has 22 nitrogen and oxygen atoms in total. The van der Waals surface area contributed by atoms with E-state index in [1.165, 1.54) is 83.5 Å². The van der Waals surface area contributed by atoms with Crippen LogP contribution in [0.25, 0.3) is 0 Å². The summed E-state index contributed by atoms with van der Waals surface area (Å²) in [4.78, 5) is 10.2. The lowest BCUT2D eigenvalue weighted by Crippen LogP contribution is -2.21. The average Bonchev–Trinajstić information content (AvgIpc) is 3.46. The molecule has 0 amide bonds. The molecule has 0 aromatic heterocycles. The summed E-state index contributed by atoms with van der Waals surface area (Å²) in [6.45, 7) is 29.0. The molecule has 0 aromatic carbocycles. The Morgan fingerprint density at radius 3 is 0.451 bits per heavy atom. The summed E-state index contributed by atoms with van der Waals surface area (Å²) >= 11 is 0. The van der Waals surface area contributed by atoms with Crippen LogP contribution in [0.3, 0.4) is 0 Å². The van der Waals surface area contributed by atoms with Gasteiger partial charge in [0.1, 0.15) is 6.61 Å². The van der Waals surface area contributed by atoms with E-state index >= 15 is 0 Å². The van der Waals surface area contributed by atoms with Crippen LogP contribution in [0, 0.1) is 0 Å². The highest BCUT2D eigenvalue weighted by Crippen LogP contribution is 2.13. The van der Waals surface area contributed by atoms with E-state index in [1.54, 1.807) is 0 Å². The molecule has 0 atom stereocenters. The van der Waals surface area contributed by atoms with Crippen LogP contribution < -0.4 is 0 Å². The van der Waals surface area contributed by atoms with E-state index < -0.39 is 0 Å². The highest BCUT2D eigenvalue weighted by molar-refractivity contribution is 4.54. The molecule has 494 valence electrons. The zero-order chi connectivity index (χ0) is 58.9. The Balaban J connectivity index is 3.09. The fourth-order valence-corrected chi connectivity index (χ4v) is 6.99. The molecule has 0 unspecified atom stereocenters. The van der Waals surface area contributed by atoms with Crippen LogP contribution in [0.1, 0.15) is 118 Å². The second-order valence-electron chi connectivity index (χ2n) is 19.9. The minimum Gasteiger partial charge on any atom is -0.379 e. The van der Waals surface area contributed by atoms with Gasteiger partial charge in [0.15, 0.2) is 0 Å². The normalized spacial score (nSPS) is 12.0. The lowest BCUT2D eigenvalue weighted by Gasteiger charge is -2.17. The van der Waals surface area contributed by atoms with E-state index in [0.29, 0.717) is 264 Å². The molecule has 0 saturated heterocycles. The standard InChI is InChI=1S/C60H122O22/c1-5-6-7-8-9-10-11-12-13-14-15-16-17-18-19-61-20-21-62-22-23-63-24-25-64-26-27-65-28-29-66-30-31-67-32-33-68-34-35-69-36-37-70-38-39-71-40-41-72-42-43-73-44-45-74-46-47-75-48-49-76-50-51-77-52-53-78-54-55-79-56-57-80-58-59-81-82-60(2,3)4/h5-59H2,1-4H3. The van der Waals surface area contributed by atoms with E-state index in [0.717, 1.165) is 13.0 Å². The summed E-state index contributed by atoms with van der Waals surface area (Å²) < 4.78 is 111. The van der Waals surface area contributed by atoms with E-state index in [-0.39, 0.29) is 5.60 Å². The Hall–Kier alpha value is -0.880. The first-order valence-corrected chi connectivity index (χ1v) is 31.4. The summed E-state index contributed by atoms with van der Waals surface area (Å²) in [6, 6.07) is 0. The number of hydrogen-bond acceptors (Lipinski definition) is 22. The first-order valence-electron chi connectivity index (χ1n) is 31.4. The molecule has 0 aliphatic carbocycles. The van der Waals surface area contributed by atoms with Gasteiger partial charge in [-0.15, -0.1) is 0 Å². The van der Waals surface area contributed by atoms with Gasteiger partial charge in [-0.2, -0.15) is 0 Å². The Morgan fingerprint density at radius 1 is 0.159 bits per heavy atom. The topological polar surface area (TPSA) is 203 Å². The third kappa shape index (κ3) is 79.1. The summed E-state index contributed by atoms with van der Waals surface area (Å²) in [5, 5.41) is 0. The van der Waals surface area contributed by atoms with Gasteiger partial charge in [-0.1, -0.05) is 90.4 Å². The van der Waals surface area contributed by atoms with Crippen molar-refractivity contribution in [3.05, 3.63) is 0 Å². The van der Waals surface area contributed by atoms with Crippen LogP contribution in [0.2, 0.25) is 0 Å². The Morgan fingerprint density at radius 2 is 0.293 bits per heavy atom. The van der Waals surface area contributed by atoms with Gasteiger partial charge in [0.25, 0.3) is 0 Å². The van der Waals surface area contributed by atoms with E-state index in [9.17, 15) is 0 Å². The van der Waals surface area contributed by atoms with Crippen molar-refractivity contribution in [1.29, 1.82) is 0 Å². The van der Waals surface area contributed by atoms with Crippen molar-refractivity contribution in [2.24, 2.45) is 0 Å². The van der Waals surface area contributed by atoms with Gasteiger partial charge in [-0.25, -0.2) is 9.78 Å². The van der Waals surface area contributed by atoms with Crippen molar-refractivity contribution >= 4 is 0 Å². The van der Waals surface area contributed by atoms with Gasteiger partial charge < -0.3 is 94.7 Å². The summed E-state index contributed by atoms with van der Waals surface area (Å²) in [5.41, 5.74) is -0.326. The van der Waals surface area contributed by atoms with Gasteiger partial charge in [0, 0.05) is 6.61 Å². The van der Waals surface area contributed by atoms with Gasteiger partial charge in [0.05, 0.1) is 263 Å². The average molecular weight is 1200 g/mol. The minimum absolute atomic E-state index is 0.326. The summed E-state index contributed by atoms with van der Waals surface area (Å²) in [5.74, 6) is 0. The SMILES string of the molecule is CCCCCCCCCCCCCCCCOCCOCCOCCOCCOCCOCCOCCOCCOCCOCCOCCOCCOCCOCCOCCOCCOCCOCCOCCOCCOOC(C)(C)C. The van der Waals surface area contributed by atoms with Gasteiger partial charge in [0.2, 0.25) is 0 Å². The lowest BCUT2D eigenvalue weighted by molar-refractivity contribution is -0.351. The molecule has 0 bridgehead atoms. The molecular formula is C60H122O22. The van der Waals surface area contributed by atoms with Crippen molar-refractivity contribution < 1.29 is 105 Å². The molecule has 22 heteroatoms. The molecular weight excluding hydrogens is 1070 g/mol. The third-order valence-corrected chi connectivity index (χ3v) is 11.3. The smallest absolute Gasteiger partial charge is 0.106 e. The lowest BCUT2D eigenvalue weighted by atomic mass is 10.0.